The predicted octanol–water partition coefficient (Wildman–Crippen LogP) is 8.04. The number of sulfonamides is 1. The maximum absolute atomic E-state index is 13.5. The largest absolute Gasteiger partial charge is 0.457 e. The summed E-state index contributed by atoms with van der Waals surface area (Å²) in [6.07, 6.45) is 8.76. The zero-order valence-corrected chi connectivity index (χ0v) is 37.1. The highest BCUT2D eigenvalue weighted by atomic mass is 32.2. The molecule has 0 aliphatic carbocycles. The summed E-state index contributed by atoms with van der Waals surface area (Å²) in [7, 11) is -3.50. The number of amides is 1. The van der Waals surface area contributed by atoms with E-state index in [0.29, 0.717) is 114 Å². The van der Waals surface area contributed by atoms with Gasteiger partial charge in [-0.3, -0.25) is 4.79 Å². The first-order valence-electron chi connectivity index (χ1n) is 21.9. The van der Waals surface area contributed by atoms with Crippen LogP contribution in [0.2, 0.25) is 0 Å². The first kappa shape index (κ1) is 43.0. The summed E-state index contributed by atoms with van der Waals surface area (Å²) < 4.78 is 42.2. The first-order valence-corrected chi connectivity index (χ1v) is 23.4. The molecule has 67 heavy (non-hydrogen) atoms. The van der Waals surface area contributed by atoms with Gasteiger partial charge in [-0.2, -0.15) is 14.5 Å². The van der Waals surface area contributed by atoms with Crippen molar-refractivity contribution >= 4 is 55.7 Å². The van der Waals surface area contributed by atoms with E-state index in [0.717, 1.165) is 27.8 Å². The van der Waals surface area contributed by atoms with Gasteiger partial charge in [0, 0.05) is 48.8 Å². The van der Waals surface area contributed by atoms with Gasteiger partial charge in [-0.25, -0.2) is 37.7 Å². The van der Waals surface area contributed by atoms with Crippen LogP contribution in [-0.2, 0) is 14.8 Å². The SMILES string of the molecule is C=CS(=O)(=O)N1CCC(n2nc(-c3ccc(Oc4cccc(/C=C/C(=O)N5CCC(n6nc(-c7ccc(Oc8ccccc8)cc7)c7c(N)ncnc76)CC5)c4)cc3)c3c(N)ncnc32)CC1. The minimum absolute atomic E-state index is 0.00637. The van der Waals surface area contributed by atoms with Gasteiger partial charge in [-0.15, -0.1) is 0 Å². The van der Waals surface area contributed by atoms with Crippen molar-refractivity contribution in [1.82, 2.24) is 48.7 Å². The van der Waals surface area contributed by atoms with E-state index >= 15 is 0 Å². The number of nitrogens with two attached hydrogens (primary N) is 2. The Labute approximate surface area is 386 Å². The van der Waals surface area contributed by atoms with Crippen LogP contribution in [0.15, 0.2) is 134 Å². The minimum Gasteiger partial charge on any atom is -0.457 e. The Bertz CT molecular complexity index is 3250. The van der Waals surface area contributed by atoms with Crippen LogP contribution >= 0.6 is 0 Å². The Kier molecular flexibility index (Phi) is 11.6. The van der Waals surface area contributed by atoms with Gasteiger partial charge in [0.25, 0.3) is 0 Å². The van der Waals surface area contributed by atoms with Gasteiger partial charge in [0.15, 0.2) is 11.3 Å². The van der Waals surface area contributed by atoms with Gasteiger partial charge < -0.3 is 25.8 Å². The zero-order chi connectivity index (χ0) is 46.1. The number of aromatic nitrogens is 8. The topological polar surface area (TPSA) is 215 Å². The van der Waals surface area contributed by atoms with Crippen molar-refractivity contribution in [3.8, 4) is 45.5 Å². The van der Waals surface area contributed by atoms with Crippen LogP contribution in [0.25, 0.3) is 50.7 Å². The number of piperidine rings is 2. The molecular weight excluding hydrogens is 869 g/mol. The number of likely N-dealkylation sites (tertiary alicyclic amines) is 1. The van der Waals surface area contributed by atoms with E-state index in [-0.39, 0.29) is 18.0 Å². The molecule has 2 saturated heterocycles. The van der Waals surface area contributed by atoms with Crippen molar-refractivity contribution in [3.63, 3.8) is 0 Å². The number of nitrogens with zero attached hydrogens (tertiary/aromatic N) is 10. The summed E-state index contributed by atoms with van der Waals surface area (Å²) in [6.45, 7) is 5.24. The molecule has 0 unspecified atom stereocenters. The van der Waals surface area contributed by atoms with E-state index in [1.807, 2.05) is 117 Å². The molecule has 0 spiro atoms. The van der Waals surface area contributed by atoms with Crippen LogP contribution in [0, 0.1) is 0 Å². The molecule has 0 saturated carbocycles. The second-order valence-electron chi connectivity index (χ2n) is 16.4. The number of fused-ring (bicyclic) bond motifs is 2. The van der Waals surface area contributed by atoms with Crippen molar-refractivity contribution in [1.29, 1.82) is 0 Å². The normalized spacial score (nSPS) is 15.4. The molecule has 2 fully saturated rings. The molecular formula is C49H46N12O5S. The molecule has 0 radical (unpaired) electrons. The summed E-state index contributed by atoms with van der Waals surface area (Å²) >= 11 is 0. The van der Waals surface area contributed by atoms with Crippen molar-refractivity contribution in [2.45, 2.75) is 37.8 Å². The van der Waals surface area contributed by atoms with E-state index in [2.05, 4.69) is 26.5 Å². The lowest BCUT2D eigenvalue weighted by molar-refractivity contribution is -0.127. The fraction of sp³-hybridized carbons (Fsp3) is 0.204. The molecule has 10 rings (SSSR count). The fourth-order valence-electron chi connectivity index (χ4n) is 8.76. The summed E-state index contributed by atoms with van der Waals surface area (Å²) in [5.74, 6) is 3.24. The molecule has 4 N–H and O–H groups in total. The summed E-state index contributed by atoms with van der Waals surface area (Å²) in [4.78, 5) is 32.9. The van der Waals surface area contributed by atoms with E-state index in [1.165, 1.54) is 17.0 Å². The van der Waals surface area contributed by atoms with Gasteiger partial charge in [-0.1, -0.05) is 36.9 Å². The van der Waals surface area contributed by atoms with E-state index in [4.69, 9.17) is 31.1 Å². The van der Waals surface area contributed by atoms with Crippen LogP contribution in [0.5, 0.6) is 23.0 Å². The standard InChI is InChI=1S/C49H46N12O5S/c1-2-67(63,64)59-27-23-36(24-28-59)61-49-43(47(51)53-31-55-49)45(57-61)34-14-18-39(19-15-34)66-40-10-6-7-32(29-40)11-20-41(62)58-25-21-35(22-26-58)60-48-42(46(50)52-30-54-48)44(56-60)33-12-16-38(17-13-33)65-37-8-4-3-5-9-37/h2-20,29-31,35-36H,1,21-28H2,(H2,50,52,54)(H2,51,53,55)/b20-11+. The number of anilines is 2. The molecule has 18 heteroatoms. The number of carbonyl (C=O) groups excluding carboxylic acids is 1. The zero-order valence-electron chi connectivity index (χ0n) is 36.3. The van der Waals surface area contributed by atoms with Crippen LogP contribution in [0.1, 0.15) is 43.3 Å². The second kappa shape index (κ2) is 18.1. The lowest BCUT2D eigenvalue weighted by Crippen LogP contribution is -2.38. The maximum atomic E-state index is 13.5. The summed E-state index contributed by atoms with van der Waals surface area (Å²) in [6, 6.07) is 32.3. The molecule has 0 bridgehead atoms. The lowest BCUT2D eigenvalue weighted by Gasteiger charge is -2.31. The van der Waals surface area contributed by atoms with Crippen molar-refractivity contribution in [2.75, 3.05) is 37.6 Å². The van der Waals surface area contributed by atoms with Gasteiger partial charge in [-0.05, 0) is 110 Å². The number of nitrogen functional groups attached to an aromatic ring is 2. The number of hydrogen-bond acceptors (Lipinski definition) is 13. The molecule has 8 aromatic rings. The monoisotopic (exact) mass is 914 g/mol. The van der Waals surface area contributed by atoms with Crippen LogP contribution < -0.4 is 20.9 Å². The summed E-state index contributed by atoms with van der Waals surface area (Å²) in [5, 5.41) is 12.3. The number of para-hydroxylation sites is 1. The average Bonchev–Trinajstić information content (AvgIpc) is 3.96. The number of ether oxygens (including phenoxy) is 2. The van der Waals surface area contributed by atoms with Crippen LogP contribution in [0.4, 0.5) is 11.6 Å². The number of hydrogen-bond donors (Lipinski definition) is 2. The van der Waals surface area contributed by atoms with E-state index in [9.17, 15) is 13.2 Å². The second-order valence-corrected chi connectivity index (χ2v) is 18.3. The molecule has 2 aliphatic rings. The highest BCUT2D eigenvalue weighted by Gasteiger charge is 2.31. The van der Waals surface area contributed by atoms with E-state index in [1.54, 1.807) is 12.2 Å². The highest BCUT2D eigenvalue weighted by molar-refractivity contribution is 7.92. The van der Waals surface area contributed by atoms with Crippen LogP contribution in [-0.4, -0.2) is 89.2 Å². The minimum atomic E-state index is -3.50. The van der Waals surface area contributed by atoms with Gasteiger partial charge in [0.1, 0.15) is 58.7 Å². The van der Waals surface area contributed by atoms with Crippen molar-refractivity contribution in [3.05, 3.63) is 139 Å². The smallest absolute Gasteiger partial charge is 0.246 e. The summed E-state index contributed by atoms with van der Waals surface area (Å²) in [5.41, 5.74) is 17.8. The Morgan fingerprint density at radius 1 is 0.627 bits per heavy atom. The van der Waals surface area contributed by atoms with Gasteiger partial charge in [0.2, 0.25) is 15.9 Å². The third-order valence-electron chi connectivity index (χ3n) is 12.2. The predicted molar refractivity (Wildman–Crippen MR) is 256 cm³/mol. The fourth-order valence-corrected chi connectivity index (χ4v) is 9.69. The first-order chi connectivity index (χ1) is 32.6. The molecule has 4 aromatic heterocycles. The maximum Gasteiger partial charge on any atom is 0.246 e. The Hall–Kier alpha value is -7.96. The molecule has 338 valence electrons. The number of benzene rings is 4. The van der Waals surface area contributed by atoms with Crippen LogP contribution in [0.3, 0.4) is 0 Å². The molecule has 1 amide bonds. The lowest BCUT2D eigenvalue weighted by atomic mass is 10.0. The van der Waals surface area contributed by atoms with Crippen molar-refractivity contribution in [2.24, 2.45) is 0 Å². The molecule has 6 heterocycles. The number of carbonyl (C=O) groups is 1. The van der Waals surface area contributed by atoms with Gasteiger partial charge >= 0.3 is 0 Å². The molecule has 2 aliphatic heterocycles. The number of rotatable bonds is 12. The third kappa shape index (κ3) is 8.79. The molecule has 17 nitrogen and oxygen atoms in total. The molecule has 4 aromatic carbocycles. The molecule has 0 atom stereocenters. The van der Waals surface area contributed by atoms with Crippen molar-refractivity contribution < 1.29 is 22.7 Å². The Balaban J connectivity index is 0.775. The third-order valence-corrected chi connectivity index (χ3v) is 13.8. The van der Waals surface area contributed by atoms with Gasteiger partial charge in [0.05, 0.1) is 22.9 Å². The quantitative estimate of drug-likeness (QED) is 0.111. The highest BCUT2D eigenvalue weighted by Crippen LogP contribution is 2.37. The Morgan fingerprint density at radius 2 is 1.12 bits per heavy atom. The average molecular weight is 915 g/mol. The Morgan fingerprint density at radius 3 is 1.66 bits per heavy atom. The van der Waals surface area contributed by atoms with E-state index < -0.39 is 10.0 Å².